The molecule has 0 saturated carbocycles. The molecule has 2 aromatic carbocycles. The molecule has 1 aromatic heterocycles. The molecule has 0 aliphatic heterocycles. The smallest absolute Gasteiger partial charge is 0.228 e. The summed E-state index contributed by atoms with van der Waals surface area (Å²) in [5.74, 6) is 0.780. The van der Waals surface area contributed by atoms with Gasteiger partial charge in [-0.3, -0.25) is 0 Å². The van der Waals surface area contributed by atoms with E-state index in [0.29, 0.717) is 28.7 Å². The van der Waals surface area contributed by atoms with E-state index in [0.717, 1.165) is 11.1 Å². The van der Waals surface area contributed by atoms with Crippen LogP contribution in [0.3, 0.4) is 0 Å². The first-order valence-electron chi connectivity index (χ1n) is 8.03. The molecule has 1 heterocycles. The Labute approximate surface area is 157 Å². The van der Waals surface area contributed by atoms with Crippen molar-refractivity contribution < 1.29 is 12.9 Å². The molecule has 0 bridgehead atoms. The molecular weight excluding hydrogens is 374 g/mol. The van der Waals surface area contributed by atoms with Crippen LogP contribution in [0, 0.1) is 6.92 Å². The van der Waals surface area contributed by atoms with Crippen LogP contribution in [-0.4, -0.2) is 25.1 Å². The second-order valence-corrected chi connectivity index (χ2v) is 8.10. The van der Waals surface area contributed by atoms with Gasteiger partial charge < -0.3 is 4.52 Å². The second-order valence-electron chi connectivity index (χ2n) is 5.86. The van der Waals surface area contributed by atoms with Gasteiger partial charge in [-0.25, -0.2) is 13.1 Å². The average molecular weight is 392 g/mol. The molecule has 0 radical (unpaired) electrons. The number of hydrogen-bond donors (Lipinski definition) is 1. The average Bonchev–Trinajstić information content (AvgIpc) is 3.05. The monoisotopic (exact) mass is 391 g/mol. The van der Waals surface area contributed by atoms with Crippen molar-refractivity contribution in [3.8, 4) is 11.4 Å². The predicted octanol–water partition coefficient (Wildman–Crippen LogP) is 3.36. The normalized spacial score (nSPS) is 11.6. The second kappa shape index (κ2) is 7.99. The third kappa shape index (κ3) is 4.91. The molecule has 0 atom stereocenters. The molecule has 0 aliphatic rings. The summed E-state index contributed by atoms with van der Waals surface area (Å²) in [6.07, 6.45) is 0.318. The summed E-state index contributed by atoms with van der Waals surface area (Å²) in [5, 5.41) is 4.53. The SMILES string of the molecule is Cc1ccccc1-c1noc(CCNS(=O)(=O)Cc2ccc(Cl)cc2)n1. The predicted molar refractivity (Wildman–Crippen MR) is 100 cm³/mol. The van der Waals surface area contributed by atoms with Gasteiger partial charge in [-0.1, -0.05) is 53.2 Å². The maximum absolute atomic E-state index is 12.1. The minimum atomic E-state index is -3.45. The number of nitrogens with zero attached hydrogens (tertiary/aromatic N) is 2. The zero-order chi connectivity index (χ0) is 18.6. The van der Waals surface area contributed by atoms with E-state index < -0.39 is 10.0 Å². The summed E-state index contributed by atoms with van der Waals surface area (Å²) < 4.78 is 32.0. The van der Waals surface area contributed by atoms with Gasteiger partial charge in [0.05, 0.1) is 5.75 Å². The lowest BCUT2D eigenvalue weighted by atomic mass is 10.1. The van der Waals surface area contributed by atoms with Crippen molar-refractivity contribution >= 4 is 21.6 Å². The van der Waals surface area contributed by atoms with Crippen molar-refractivity contribution in [3.63, 3.8) is 0 Å². The molecule has 0 saturated heterocycles. The molecule has 136 valence electrons. The third-order valence-corrected chi connectivity index (χ3v) is 5.39. The van der Waals surface area contributed by atoms with E-state index in [1.807, 2.05) is 31.2 Å². The van der Waals surface area contributed by atoms with E-state index in [4.69, 9.17) is 16.1 Å². The maximum Gasteiger partial charge on any atom is 0.228 e. The highest BCUT2D eigenvalue weighted by molar-refractivity contribution is 7.88. The zero-order valence-corrected chi connectivity index (χ0v) is 15.7. The Kier molecular flexibility index (Phi) is 5.70. The maximum atomic E-state index is 12.1. The number of benzene rings is 2. The van der Waals surface area contributed by atoms with Gasteiger partial charge in [0.1, 0.15) is 0 Å². The fourth-order valence-corrected chi connectivity index (χ4v) is 3.73. The van der Waals surface area contributed by atoms with Crippen LogP contribution in [0.25, 0.3) is 11.4 Å². The van der Waals surface area contributed by atoms with Crippen molar-refractivity contribution in [3.05, 3.63) is 70.6 Å². The van der Waals surface area contributed by atoms with Crippen LogP contribution < -0.4 is 4.72 Å². The van der Waals surface area contributed by atoms with Crippen molar-refractivity contribution in [2.45, 2.75) is 19.1 Å². The molecular formula is C18H18ClN3O3S. The Bertz CT molecular complexity index is 985. The van der Waals surface area contributed by atoms with Gasteiger partial charge in [0, 0.05) is 23.6 Å². The van der Waals surface area contributed by atoms with Crippen molar-refractivity contribution in [1.82, 2.24) is 14.9 Å². The molecule has 0 unspecified atom stereocenters. The number of halogens is 1. The lowest BCUT2D eigenvalue weighted by Gasteiger charge is -2.05. The summed E-state index contributed by atoms with van der Waals surface area (Å²) >= 11 is 5.80. The Hall–Kier alpha value is -2.22. The van der Waals surface area contributed by atoms with Gasteiger partial charge in [-0.15, -0.1) is 0 Å². The van der Waals surface area contributed by atoms with Crippen molar-refractivity contribution in [2.24, 2.45) is 0 Å². The van der Waals surface area contributed by atoms with E-state index in [9.17, 15) is 8.42 Å². The van der Waals surface area contributed by atoms with E-state index in [2.05, 4.69) is 14.9 Å². The zero-order valence-electron chi connectivity index (χ0n) is 14.1. The first-order chi connectivity index (χ1) is 12.4. The van der Waals surface area contributed by atoms with Crippen LogP contribution in [0.5, 0.6) is 0 Å². The van der Waals surface area contributed by atoms with Crippen LogP contribution >= 0.6 is 11.6 Å². The first kappa shape index (κ1) is 18.6. The van der Waals surface area contributed by atoms with Crippen molar-refractivity contribution in [1.29, 1.82) is 0 Å². The Morgan fingerprint density at radius 2 is 1.85 bits per heavy atom. The first-order valence-corrected chi connectivity index (χ1v) is 10.1. The highest BCUT2D eigenvalue weighted by Crippen LogP contribution is 2.19. The molecule has 0 fully saturated rings. The number of rotatable bonds is 7. The minimum Gasteiger partial charge on any atom is -0.339 e. The van der Waals surface area contributed by atoms with Gasteiger partial charge in [-0.2, -0.15) is 4.98 Å². The Morgan fingerprint density at radius 3 is 2.58 bits per heavy atom. The number of aromatic nitrogens is 2. The fourth-order valence-electron chi connectivity index (χ4n) is 2.45. The van der Waals surface area contributed by atoms with Crippen LogP contribution in [0.1, 0.15) is 17.0 Å². The van der Waals surface area contributed by atoms with Crippen LogP contribution in [0.15, 0.2) is 53.1 Å². The number of nitrogens with one attached hydrogen (secondary N) is 1. The quantitative estimate of drug-likeness (QED) is 0.667. The van der Waals surface area contributed by atoms with Crippen LogP contribution in [0.2, 0.25) is 5.02 Å². The van der Waals surface area contributed by atoms with E-state index in [1.54, 1.807) is 24.3 Å². The minimum absolute atomic E-state index is 0.109. The van der Waals surface area contributed by atoms with Crippen molar-refractivity contribution in [2.75, 3.05) is 6.54 Å². The molecule has 3 aromatic rings. The van der Waals surface area contributed by atoms with E-state index in [-0.39, 0.29) is 12.3 Å². The summed E-state index contributed by atoms with van der Waals surface area (Å²) in [5.41, 5.74) is 2.61. The Balaban J connectivity index is 1.56. The number of sulfonamides is 1. The summed E-state index contributed by atoms with van der Waals surface area (Å²) in [7, 11) is -3.45. The molecule has 8 heteroatoms. The van der Waals surface area contributed by atoms with Crippen LogP contribution in [0.4, 0.5) is 0 Å². The van der Waals surface area contributed by atoms with Gasteiger partial charge in [0.2, 0.25) is 21.7 Å². The third-order valence-electron chi connectivity index (χ3n) is 3.78. The molecule has 6 nitrogen and oxygen atoms in total. The fraction of sp³-hybridized carbons (Fsp3) is 0.222. The van der Waals surface area contributed by atoms with Gasteiger partial charge in [0.25, 0.3) is 0 Å². The highest BCUT2D eigenvalue weighted by atomic mass is 35.5. The molecule has 1 N–H and O–H groups in total. The topological polar surface area (TPSA) is 85.1 Å². The Morgan fingerprint density at radius 1 is 1.12 bits per heavy atom. The lowest BCUT2D eigenvalue weighted by molar-refractivity contribution is 0.379. The number of aryl methyl sites for hydroxylation is 1. The van der Waals surface area contributed by atoms with Crippen LogP contribution in [-0.2, 0) is 22.2 Å². The summed E-state index contributed by atoms with van der Waals surface area (Å²) in [6, 6.07) is 14.4. The standard InChI is InChI=1S/C18H18ClN3O3S/c1-13-4-2-3-5-16(13)18-21-17(25-22-18)10-11-20-26(23,24)12-14-6-8-15(19)9-7-14/h2-9,20H,10-12H2,1H3. The van der Waals surface area contributed by atoms with Gasteiger partial charge in [0.15, 0.2) is 0 Å². The van der Waals surface area contributed by atoms with E-state index >= 15 is 0 Å². The molecule has 0 aliphatic carbocycles. The molecule has 0 spiro atoms. The number of hydrogen-bond acceptors (Lipinski definition) is 5. The molecule has 3 rings (SSSR count). The van der Waals surface area contributed by atoms with Gasteiger partial charge >= 0.3 is 0 Å². The molecule has 26 heavy (non-hydrogen) atoms. The summed E-state index contributed by atoms with van der Waals surface area (Å²) in [4.78, 5) is 4.33. The molecule has 0 amide bonds. The highest BCUT2D eigenvalue weighted by Gasteiger charge is 2.14. The summed E-state index contributed by atoms with van der Waals surface area (Å²) in [6.45, 7) is 2.15. The van der Waals surface area contributed by atoms with Gasteiger partial charge in [-0.05, 0) is 30.2 Å². The lowest BCUT2D eigenvalue weighted by Crippen LogP contribution is -2.27. The largest absolute Gasteiger partial charge is 0.339 e. The van der Waals surface area contributed by atoms with E-state index in [1.165, 1.54) is 0 Å².